The molecule has 0 radical (unpaired) electrons. The predicted octanol–water partition coefficient (Wildman–Crippen LogP) is -2.44. The summed E-state index contributed by atoms with van der Waals surface area (Å²) in [5.41, 5.74) is 0. The van der Waals surface area contributed by atoms with Crippen LogP contribution in [0.5, 0.6) is 0 Å². The van der Waals surface area contributed by atoms with E-state index in [9.17, 15) is 0 Å². The van der Waals surface area contributed by atoms with Gasteiger partial charge in [0.05, 0.1) is 0 Å². The first kappa shape index (κ1) is 36.6. The van der Waals surface area contributed by atoms with Gasteiger partial charge in [0.1, 0.15) is 0 Å². The maximum atomic E-state index is 8.74. The molecule has 0 rings (SSSR count). The van der Waals surface area contributed by atoms with Crippen molar-refractivity contribution in [1.82, 2.24) is 0 Å². The average Bonchev–Trinajstić information content (AvgIpc) is 2.28. The number of unbranched alkanes of at least 4 members (excludes halogenated alkanes) is 9. The molecule has 0 atom stereocenters. The maximum Gasteiger partial charge on any atom is 1.00 e. The Morgan fingerprint density at radius 2 is 0.875 bits per heavy atom. The van der Waals surface area contributed by atoms with Gasteiger partial charge in [0, 0.05) is 0 Å². The van der Waals surface area contributed by atoms with E-state index in [0.29, 0.717) is 0 Å². The third-order valence-electron chi connectivity index (χ3n) is 2.35. The molecule has 0 unspecified atom stereocenters. The third-order valence-corrected chi connectivity index (χ3v) is 2.35. The Morgan fingerprint density at radius 3 is 1.08 bits per heavy atom. The summed E-state index contributed by atoms with van der Waals surface area (Å²) < 4.78 is 63.2. The molecule has 24 heavy (non-hydrogen) atoms. The summed E-state index contributed by atoms with van der Waals surface area (Å²) in [7, 11) is -9.33. The molecule has 0 fully saturated rings. The van der Waals surface area contributed by atoms with Crippen LogP contribution in [0.1, 0.15) is 72.6 Å². The van der Waals surface area contributed by atoms with Gasteiger partial charge in [0.2, 0.25) is 0 Å². The molecule has 8 nitrogen and oxygen atoms in total. The Kier molecular flexibility index (Phi) is 37.8. The largest absolute Gasteiger partial charge is 1.00 e. The maximum absolute atomic E-state index is 8.74. The van der Waals surface area contributed by atoms with Gasteiger partial charge in [0.25, 0.3) is 0 Å². The fourth-order valence-corrected chi connectivity index (χ4v) is 1.49. The van der Waals surface area contributed by atoms with Crippen LogP contribution in [0.25, 0.3) is 0 Å². The van der Waals surface area contributed by atoms with Gasteiger partial charge in [-0.3, -0.25) is 18.2 Å². The molecule has 0 heterocycles. The van der Waals surface area contributed by atoms with Gasteiger partial charge >= 0.3 is 79.9 Å². The normalized spacial score (nSPS) is 10.1. The fraction of sp³-hybridized carbons (Fsp3) is 0.917. The average molecular weight is 412 g/mol. The van der Waals surface area contributed by atoms with Crippen LogP contribution in [-0.4, -0.2) is 35.0 Å². The minimum absolute atomic E-state index is 0. The van der Waals surface area contributed by atoms with Crippen LogP contribution in [0, 0.1) is 6.92 Å². The van der Waals surface area contributed by atoms with Crippen molar-refractivity contribution in [3.8, 4) is 0 Å². The van der Waals surface area contributed by atoms with Crippen molar-refractivity contribution in [3.63, 3.8) is 0 Å². The Morgan fingerprint density at radius 1 is 0.667 bits per heavy atom. The summed E-state index contributed by atoms with van der Waals surface area (Å²) in [5.74, 6) is 0. The molecule has 0 saturated heterocycles. The van der Waals surface area contributed by atoms with Gasteiger partial charge < -0.3 is 8.35 Å². The molecule has 0 aromatic carbocycles. The van der Waals surface area contributed by atoms with Crippen molar-refractivity contribution in [2.45, 2.75) is 71.1 Å². The van der Waals surface area contributed by atoms with Gasteiger partial charge in [-0.15, -0.1) is 0 Å². The Labute approximate surface area is 192 Å². The number of rotatable bonds is 9. The standard InChI is InChI=1S/C12H25.2Na.2H2O4S.H/c1-3-5-7-9-11-12-10-8-6-4-2;;;2*1-5(2,3)4;/h1,3-12H2,2H3;;;2*(H2,1,2,3,4);/q-1;2*+1;;;-1. The van der Waals surface area contributed by atoms with Crippen LogP contribution >= 0.6 is 0 Å². The van der Waals surface area contributed by atoms with E-state index in [2.05, 4.69) is 13.8 Å². The minimum atomic E-state index is -4.67. The molecular weight excluding hydrogens is 382 g/mol. The molecule has 4 N–H and O–H groups in total. The second kappa shape index (κ2) is 24.7. The first-order valence-corrected chi connectivity index (χ1v) is 9.90. The molecule has 0 aliphatic carbocycles. The van der Waals surface area contributed by atoms with E-state index in [1.165, 1.54) is 57.8 Å². The minimum Gasteiger partial charge on any atom is -1.00 e. The van der Waals surface area contributed by atoms with Gasteiger partial charge in [-0.2, -0.15) is 23.3 Å². The van der Waals surface area contributed by atoms with Crippen LogP contribution in [0.3, 0.4) is 0 Å². The molecule has 0 amide bonds. The predicted molar refractivity (Wildman–Crippen MR) is 86.7 cm³/mol. The second-order valence-corrected chi connectivity index (χ2v) is 6.37. The van der Waals surface area contributed by atoms with Crippen molar-refractivity contribution >= 4 is 20.8 Å². The van der Waals surface area contributed by atoms with E-state index >= 15 is 0 Å². The van der Waals surface area contributed by atoms with Crippen LogP contribution in [0.2, 0.25) is 0 Å². The van der Waals surface area contributed by atoms with Gasteiger partial charge in [0.15, 0.2) is 0 Å². The first-order valence-electron chi connectivity index (χ1n) is 7.10. The Balaban J connectivity index is -0.0000000592. The summed E-state index contributed by atoms with van der Waals surface area (Å²) in [6, 6.07) is 0. The molecular formula is C12H30Na2O8S2. The van der Waals surface area contributed by atoms with Crippen molar-refractivity contribution < 1.29 is 95.6 Å². The monoisotopic (exact) mass is 412 g/mol. The molecule has 0 bridgehead atoms. The van der Waals surface area contributed by atoms with Crippen LogP contribution in [0.15, 0.2) is 0 Å². The molecule has 0 aliphatic rings. The van der Waals surface area contributed by atoms with E-state index in [4.69, 9.17) is 35.0 Å². The van der Waals surface area contributed by atoms with E-state index in [1.807, 2.05) is 0 Å². The Hall–Kier alpha value is 1.74. The summed E-state index contributed by atoms with van der Waals surface area (Å²) in [6.07, 6.45) is 13.9. The first-order chi connectivity index (χ1) is 9.91. The van der Waals surface area contributed by atoms with Crippen molar-refractivity contribution in [1.29, 1.82) is 0 Å². The van der Waals surface area contributed by atoms with E-state index in [-0.39, 0.29) is 60.5 Å². The molecule has 12 heteroatoms. The van der Waals surface area contributed by atoms with Crippen molar-refractivity contribution in [2.75, 3.05) is 0 Å². The van der Waals surface area contributed by atoms with Crippen LogP contribution < -0.4 is 59.1 Å². The number of hydrogen-bond donors (Lipinski definition) is 4. The molecule has 140 valence electrons. The second-order valence-electron chi connectivity index (χ2n) is 4.58. The fourth-order valence-electron chi connectivity index (χ4n) is 1.49. The SMILES string of the molecule is O=S(=O)(O)O.O=S(=O)(O)O.[CH2-]CCCCCCCCCCC.[H-].[Na+].[Na+]. The van der Waals surface area contributed by atoms with E-state index in [0.717, 1.165) is 6.42 Å². The zero-order chi connectivity index (χ0) is 18.1. The topological polar surface area (TPSA) is 149 Å². The van der Waals surface area contributed by atoms with Crippen LogP contribution in [0.4, 0.5) is 0 Å². The molecule has 0 spiro atoms. The molecule has 0 aliphatic heterocycles. The molecule has 0 aromatic heterocycles. The molecule has 0 saturated carbocycles. The van der Waals surface area contributed by atoms with E-state index in [1.54, 1.807) is 0 Å². The van der Waals surface area contributed by atoms with Gasteiger partial charge in [-0.1, -0.05) is 64.7 Å². The number of hydrogen-bond acceptors (Lipinski definition) is 4. The summed E-state index contributed by atoms with van der Waals surface area (Å²) in [4.78, 5) is 0. The van der Waals surface area contributed by atoms with Crippen molar-refractivity contribution in [2.24, 2.45) is 0 Å². The summed E-state index contributed by atoms with van der Waals surface area (Å²) in [5, 5.41) is 0. The third kappa shape index (κ3) is 106. The van der Waals surface area contributed by atoms with Crippen molar-refractivity contribution in [3.05, 3.63) is 6.92 Å². The van der Waals surface area contributed by atoms with Crippen LogP contribution in [-0.2, 0) is 20.8 Å². The Bertz CT molecular complexity index is 363. The van der Waals surface area contributed by atoms with Gasteiger partial charge in [-0.25, -0.2) is 0 Å². The molecule has 0 aromatic rings. The van der Waals surface area contributed by atoms with Gasteiger partial charge in [-0.05, 0) is 0 Å². The quantitative estimate of drug-likeness (QED) is 0.141. The summed E-state index contributed by atoms with van der Waals surface area (Å²) in [6.45, 7) is 6.12. The zero-order valence-electron chi connectivity index (χ0n) is 16.0. The summed E-state index contributed by atoms with van der Waals surface area (Å²) >= 11 is 0. The van der Waals surface area contributed by atoms with E-state index < -0.39 is 20.8 Å². The smallest absolute Gasteiger partial charge is 1.00 e. The zero-order valence-corrected chi connectivity index (χ0v) is 20.6.